The van der Waals surface area contributed by atoms with Gasteiger partial charge in [-0.25, -0.2) is 4.79 Å². The van der Waals surface area contributed by atoms with Crippen molar-refractivity contribution in [2.24, 2.45) is 0 Å². The fraction of sp³-hybridized carbons (Fsp3) is 0.278. The minimum Gasteiger partial charge on any atom is -0.454 e. The van der Waals surface area contributed by atoms with Gasteiger partial charge in [0.05, 0.1) is 4.92 Å². The van der Waals surface area contributed by atoms with E-state index in [1.54, 1.807) is 0 Å². The Hall–Kier alpha value is -1.71. The molecule has 0 saturated heterocycles. The molecule has 0 amide bonds. The highest BCUT2D eigenvalue weighted by Gasteiger charge is 2.25. The first-order valence-electron chi connectivity index (χ1n) is 7.73. The molecule has 0 bridgehead atoms. The van der Waals surface area contributed by atoms with E-state index in [1.165, 1.54) is 12.1 Å². The van der Waals surface area contributed by atoms with Gasteiger partial charge in [0.2, 0.25) is 0 Å². The molecule has 2 aromatic carbocycles. The number of esters is 1. The monoisotopic (exact) mass is 490 g/mol. The lowest BCUT2D eigenvalue weighted by molar-refractivity contribution is -0.385. The van der Waals surface area contributed by atoms with E-state index in [0.29, 0.717) is 13.0 Å². The standard InChI is InChI=1S/C18H19ClN2O4.HI/c1-20(2)11-10-17(13-6-4-3-5-7-13)25-18(22)15-9-8-14(19)12-16(15)21(23)24;/h3-9,12,17H,10-11H2,1-2H3;1H. The molecule has 0 fully saturated rings. The van der Waals surface area contributed by atoms with Gasteiger partial charge in [-0.15, -0.1) is 24.0 Å². The molecule has 0 spiro atoms. The van der Waals surface area contributed by atoms with Gasteiger partial charge in [0.15, 0.2) is 0 Å². The molecule has 1 unspecified atom stereocenters. The predicted octanol–water partition coefficient (Wildman–Crippen LogP) is 4.72. The number of halogens is 2. The molecule has 0 aliphatic heterocycles. The highest BCUT2D eigenvalue weighted by Crippen LogP contribution is 2.28. The van der Waals surface area contributed by atoms with Gasteiger partial charge in [0, 0.05) is 24.1 Å². The second-order valence-electron chi connectivity index (χ2n) is 5.82. The second kappa shape index (κ2) is 10.4. The highest BCUT2D eigenvalue weighted by atomic mass is 127. The van der Waals surface area contributed by atoms with E-state index in [1.807, 2.05) is 49.3 Å². The van der Waals surface area contributed by atoms with E-state index in [0.717, 1.165) is 11.6 Å². The zero-order valence-corrected chi connectivity index (χ0v) is 17.5. The smallest absolute Gasteiger partial charge is 0.345 e. The van der Waals surface area contributed by atoms with Crippen LogP contribution in [0, 0.1) is 10.1 Å². The Balaban J connectivity index is 0.00000338. The third kappa shape index (κ3) is 6.22. The van der Waals surface area contributed by atoms with Gasteiger partial charge in [-0.1, -0.05) is 41.9 Å². The number of carbonyl (C=O) groups is 1. The molecule has 1 atom stereocenters. The molecule has 0 aliphatic carbocycles. The predicted molar refractivity (Wildman–Crippen MR) is 111 cm³/mol. The van der Waals surface area contributed by atoms with Crippen LogP contribution in [0.2, 0.25) is 5.02 Å². The van der Waals surface area contributed by atoms with Crippen LogP contribution in [0.15, 0.2) is 48.5 Å². The third-order valence-corrected chi connectivity index (χ3v) is 3.87. The number of carbonyl (C=O) groups excluding carboxylic acids is 1. The van der Waals surface area contributed by atoms with Crippen molar-refractivity contribution >= 4 is 47.2 Å². The van der Waals surface area contributed by atoms with Crippen LogP contribution in [0.3, 0.4) is 0 Å². The third-order valence-electron chi connectivity index (χ3n) is 3.64. The largest absolute Gasteiger partial charge is 0.454 e. The minimum absolute atomic E-state index is 0. The average Bonchev–Trinajstić information content (AvgIpc) is 2.58. The molecule has 0 heterocycles. The summed E-state index contributed by atoms with van der Waals surface area (Å²) >= 11 is 5.79. The number of nitro groups is 1. The van der Waals surface area contributed by atoms with Crippen LogP contribution in [0.25, 0.3) is 0 Å². The molecular formula is C18H20ClIN2O4. The van der Waals surface area contributed by atoms with Crippen LogP contribution in [0.1, 0.15) is 28.4 Å². The van der Waals surface area contributed by atoms with Crippen LogP contribution in [-0.2, 0) is 4.74 Å². The normalized spacial score (nSPS) is 11.5. The van der Waals surface area contributed by atoms with E-state index in [2.05, 4.69) is 0 Å². The van der Waals surface area contributed by atoms with Gasteiger partial charge in [0.1, 0.15) is 11.7 Å². The average molecular weight is 491 g/mol. The molecule has 2 aromatic rings. The Kier molecular flexibility index (Phi) is 8.97. The van der Waals surface area contributed by atoms with E-state index in [-0.39, 0.29) is 40.3 Å². The SMILES string of the molecule is CN(C)CCC(OC(=O)c1ccc(Cl)cc1[N+](=O)[O-])c1ccccc1.I. The molecule has 0 aromatic heterocycles. The van der Waals surface area contributed by atoms with Crippen molar-refractivity contribution in [3.8, 4) is 0 Å². The van der Waals surface area contributed by atoms with Gasteiger partial charge >= 0.3 is 5.97 Å². The molecule has 8 heteroatoms. The fourth-order valence-corrected chi connectivity index (χ4v) is 2.52. The topological polar surface area (TPSA) is 72.7 Å². The molecule has 0 aliphatic rings. The number of ether oxygens (including phenoxy) is 1. The van der Waals surface area contributed by atoms with Crippen molar-refractivity contribution in [2.45, 2.75) is 12.5 Å². The number of benzene rings is 2. The summed E-state index contributed by atoms with van der Waals surface area (Å²) in [6, 6.07) is 13.2. The van der Waals surface area contributed by atoms with Gasteiger partial charge in [-0.3, -0.25) is 10.1 Å². The summed E-state index contributed by atoms with van der Waals surface area (Å²) in [7, 11) is 3.85. The molecule has 6 nitrogen and oxygen atoms in total. The number of nitrogens with zero attached hydrogens (tertiary/aromatic N) is 2. The van der Waals surface area contributed by atoms with Crippen molar-refractivity contribution in [3.63, 3.8) is 0 Å². The second-order valence-corrected chi connectivity index (χ2v) is 6.25. The van der Waals surface area contributed by atoms with Gasteiger partial charge in [-0.2, -0.15) is 0 Å². The summed E-state index contributed by atoms with van der Waals surface area (Å²) < 4.78 is 5.59. The Morgan fingerprint density at radius 2 is 1.88 bits per heavy atom. The van der Waals surface area contributed by atoms with Crippen LogP contribution < -0.4 is 0 Å². The molecule has 26 heavy (non-hydrogen) atoms. The van der Waals surface area contributed by atoms with E-state index in [4.69, 9.17) is 16.3 Å². The lowest BCUT2D eigenvalue weighted by atomic mass is 10.1. The van der Waals surface area contributed by atoms with Crippen LogP contribution >= 0.6 is 35.6 Å². The van der Waals surface area contributed by atoms with Crippen LogP contribution in [-0.4, -0.2) is 36.4 Å². The van der Waals surface area contributed by atoms with Gasteiger partial charge in [0.25, 0.3) is 5.69 Å². The number of hydrogen-bond acceptors (Lipinski definition) is 5. The molecule has 140 valence electrons. The van der Waals surface area contributed by atoms with Crippen molar-refractivity contribution in [3.05, 3.63) is 74.8 Å². The lowest BCUT2D eigenvalue weighted by Gasteiger charge is -2.20. The van der Waals surface area contributed by atoms with E-state index in [9.17, 15) is 14.9 Å². The Bertz CT molecular complexity index is 756. The quantitative estimate of drug-likeness (QED) is 0.243. The molecular weight excluding hydrogens is 471 g/mol. The maximum absolute atomic E-state index is 12.5. The molecule has 0 saturated carbocycles. The number of nitro benzene ring substituents is 1. The lowest BCUT2D eigenvalue weighted by Crippen LogP contribution is -2.20. The van der Waals surface area contributed by atoms with Crippen molar-refractivity contribution in [1.29, 1.82) is 0 Å². The summed E-state index contributed by atoms with van der Waals surface area (Å²) in [4.78, 5) is 25.0. The van der Waals surface area contributed by atoms with Crippen molar-refractivity contribution in [2.75, 3.05) is 20.6 Å². The summed E-state index contributed by atoms with van der Waals surface area (Å²) in [6.07, 6.45) is 0.0795. The fourth-order valence-electron chi connectivity index (χ4n) is 2.36. The van der Waals surface area contributed by atoms with E-state index >= 15 is 0 Å². The Morgan fingerprint density at radius 3 is 2.46 bits per heavy atom. The molecule has 0 N–H and O–H groups in total. The Morgan fingerprint density at radius 1 is 1.23 bits per heavy atom. The molecule has 2 rings (SSSR count). The summed E-state index contributed by atoms with van der Waals surface area (Å²) in [5, 5.41) is 11.4. The maximum atomic E-state index is 12.5. The Labute approximate surface area is 174 Å². The summed E-state index contributed by atoms with van der Waals surface area (Å²) in [6.45, 7) is 0.704. The zero-order valence-electron chi connectivity index (χ0n) is 14.4. The number of rotatable bonds is 7. The van der Waals surface area contributed by atoms with Gasteiger partial charge in [-0.05, 0) is 31.8 Å². The van der Waals surface area contributed by atoms with E-state index < -0.39 is 17.0 Å². The highest BCUT2D eigenvalue weighted by molar-refractivity contribution is 14.0. The summed E-state index contributed by atoms with van der Waals surface area (Å²) in [5.74, 6) is -0.740. The zero-order chi connectivity index (χ0) is 18.4. The van der Waals surface area contributed by atoms with Gasteiger partial charge < -0.3 is 9.64 Å². The first kappa shape index (κ1) is 22.3. The first-order chi connectivity index (χ1) is 11.9. The van der Waals surface area contributed by atoms with Crippen molar-refractivity contribution in [1.82, 2.24) is 4.90 Å². The molecule has 0 radical (unpaired) electrons. The number of hydrogen-bond donors (Lipinski definition) is 0. The maximum Gasteiger partial charge on any atom is 0.345 e. The van der Waals surface area contributed by atoms with Crippen molar-refractivity contribution < 1.29 is 14.5 Å². The van der Waals surface area contributed by atoms with Crippen LogP contribution in [0.5, 0.6) is 0 Å². The minimum atomic E-state index is -0.740. The first-order valence-corrected chi connectivity index (χ1v) is 8.11. The summed E-state index contributed by atoms with van der Waals surface area (Å²) in [5.41, 5.74) is 0.367. The van der Waals surface area contributed by atoms with Crippen LogP contribution in [0.4, 0.5) is 5.69 Å².